The molecule has 0 saturated carbocycles. The van der Waals surface area contributed by atoms with Gasteiger partial charge in [0.15, 0.2) is 0 Å². The number of benzene rings is 1. The lowest BCUT2D eigenvalue weighted by Gasteiger charge is -2.24. The highest BCUT2D eigenvalue weighted by Gasteiger charge is 2.31. The van der Waals surface area contributed by atoms with Gasteiger partial charge in [-0.3, -0.25) is 5.84 Å². The second-order valence-electron chi connectivity index (χ2n) is 8.74. The van der Waals surface area contributed by atoms with Crippen molar-refractivity contribution in [3.63, 3.8) is 0 Å². The van der Waals surface area contributed by atoms with Gasteiger partial charge in [-0.25, -0.2) is 14.8 Å². The number of hydrazine groups is 1. The number of nitrogens with one attached hydrogen (secondary N) is 1. The molecule has 0 spiro atoms. The summed E-state index contributed by atoms with van der Waals surface area (Å²) in [6.45, 7) is 10.6. The van der Waals surface area contributed by atoms with Crippen LogP contribution in [0.4, 0.5) is 18.0 Å². The smallest absolute Gasteiger partial charge is 0.416 e. The number of alkyl halides is 3. The molecule has 1 aliphatic rings. The van der Waals surface area contributed by atoms with Crippen molar-refractivity contribution in [1.82, 2.24) is 20.3 Å². The minimum absolute atomic E-state index is 0.139. The van der Waals surface area contributed by atoms with Crippen LogP contribution in [0.25, 0.3) is 5.70 Å². The number of ether oxygens (including phenoxy) is 2. The van der Waals surface area contributed by atoms with Crippen LogP contribution in [0.2, 0.25) is 0 Å². The maximum Gasteiger partial charge on any atom is 0.416 e. The first-order valence-corrected chi connectivity index (χ1v) is 11.8. The Morgan fingerprint density at radius 2 is 1.76 bits per heavy atom. The first-order valence-electron chi connectivity index (χ1n) is 11.8. The van der Waals surface area contributed by atoms with Crippen molar-refractivity contribution >= 4 is 11.8 Å². The summed E-state index contributed by atoms with van der Waals surface area (Å²) in [5, 5.41) is 0. The molecule has 3 rings (SSSR count). The monoisotopic (exact) mass is 526 g/mol. The fraction of sp³-hybridized carbons (Fsp3) is 0.480. The number of carbonyl (C=O) groups excluding carboxylic acids is 1. The zero-order valence-corrected chi connectivity index (χ0v) is 21.9. The second kappa shape index (κ2) is 15.0. The van der Waals surface area contributed by atoms with Gasteiger partial charge in [-0.15, -0.1) is 0 Å². The topological polar surface area (TPSA) is 129 Å². The van der Waals surface area contributed by atoms with E-state index >= 15 is 0 Å². The molecule has 1 saturated heterocycles. The van der Waals surface area contributed by atoms with E-state index in [1.165, 1.54) is 24.7 Å². The van der Waals surface area contributed by atoms with Gasteiger partial charge >= 0.3 is 12.3 Å². The predicted octanol–water partition coefficient (Wildman–Crippen LogP) is 4.45. The lowest BCUT2D eigenvalue weighted by molar-refractivity contribution is -0.137. The Kier molecular flexibility index (Phi) is 12.8. The summed E-state index contributed by atoms with van der Waals surface area (Å²) in [6, 6.07) is 4.90. The van der Waals surface area contributed by atoms with Gasteiger partial charge in [0, 0.05) is 30.7 Å². The molecule has 37 heavy (non-hydrogen) atoms. The van der Waals surface area contributed by atoms with Crippen molar-refractivity contribution in [2.75, 3.05) is 13.1 Å². The van der Waals surface area contributed by atoms with Gasteiger partial charge in [0.25, 0.3) is 0 Å². The number of amides is 1. The van der Waals surface area contributed by atoms with Crippen molar-refractivity contribution in [3.05, 3.63) is 65.9 Å². The van der Waals surface area contributed by atoms with Gasteiger partial charge in [-0.05, 0) is 44.9 Å². The summed E-state index contributed by atoms with van der Waals surface area (Å²) in [4.78, 5) is 21.1. The van der Waals surface area contributed by atoms with Crippen molar-refractivity contribution in [1.29, 1.82) is 0 Å². The first kappa shape index (κ1) is 31.6. The fourth-order valence-electron chi connectivity index (χ4n) is 2.98. The number of likely N-dealkylation sites (tertiary alicyclic amines) is 1. The molecule has 1 amide bonds. The van der Waals surface area contributed by atoms with Crippen LogP contribution in [0.1, 0.15) is 57.7 Å². The second-order valence-corrected chi connectivity index (χ2v) is 8.74. The molecule has 1 aromatic heterocycles. The zero-order chi connectivity index (χ0) is 28.1. The van der Waals surface area contributed by atoms with Crippen molar-refractivity contribution < 1.29 is 27.4 Å². The molecule has 1 atom stereocenters. The number of aromatic nitrogens is 2. The van der Waals surface area contributed by atoms with Crippen LogP contribution in [-0.2, 0) is 22.3 Å². The highest BCUT2D eigenvalue weighted by atomic mass is 19.4. The Morgan fingerprint density at radius 3 is 2.27 bits per heavy atom. The van der Waals surface area contributed by atoms with E-state index in [1.807, 2.05) is 13.8 Å². The lowest BCUT2D eigenvalue weighted by Crippen LogP contribution is -2.36. The molecule has 0 bridgehead atoms. The average Bonchev–Trinajstić information content (AvgIpc) is 3.33. The standard InChI is InChI=1S/C17H22F3NO3.C6H9N5.C2H6/c1-16(2,3)24-15(22)21-9-8-14(10-21)23-11-12-4-6-13(7-5-12)17(18,19)20;7-6(3-11-8)5-1-9-4-10-2-5;1-2/h4-7,14H,8-11H2,1-3H3;1-4,11H,7-8H2;1-2H3/b;6-3-;. The molecule has 5 N–H and O–H groups in total. The van der Waals surface area contributed by atoms with E-state index in [0.717, 1.165) is 17.7 Å². The van der Waals surface area contributed by atoms with Gasteiger partial charge in [-0.1, -0.05) is 26.0 Å². The van der Waals surface area contributed by atoms with E-state index in [9.17, 15) is 18.0 Å². The molecular formula is C25H37F3N6O3. The molecular weight excluding hydrogens is 489 g/mol. The summed E-state index contributed by atoms with van der Waals surface area (Å²) < 4.78 is 48.5. The number of carbonyl (C=O) groups is 1. The maximum atomic E-state index is 12.5. The van der Waals surface area contributed by atoms with Gasteiger partial charge in [0.05, 0.1) is 30.5 Å². The first-order chi connectivity index (χ1) is 17.4. The number of nitrogens with two attached hydrogens (primary N) is 2. The maximum absolute atomic E-state index is 12.5. The minimum atomic E-state index is -4.33. The molecule has 12 heteroatoms. The van der Waals surface area contributed by atoms with E-state index in [-0.39, 0.29) is 18.8 Å². The number of rotatable bonds is 5. The van der Waals surface area contributed by atoms with Crippen LogP contribution in [-0.4, -0.2) is 45.8 Å². The largest absolute Gasteiger partial charge is 0.444 e. The summed E-state index contributed by atoms with van der Waals surface area (Å²) >= 11 is 0. The minimum Gasteiger partial charge on any atom is -0.444 e. The van der Waals surface area contributed by atoms with Crippen LogP contribution in [0, 0.1) is 0 Å². The summed E-state index contributed by atoms with van der Waals surface area (Å²) in [5.41, 5.74) is 8.56. The molecule has 0 aliphatic carbocycles. The zero-order valence-electron chi connectivity index (χ0n) is 21.9. The average molecular weight is 527 g/mol. The van der Waals surface area contributed by atoms with E-state index in [1.54, 1.807) is 38.1 Å². The van der Waals surface area contributed by atoms with E-state index in [2.05, 4.69) is 15.4 Å². The number of hydrogen-bond acceptors (Lipinski definition) is 8. The lowest BCUT2D eigenvalue weighted by atomic mass is 10.1. The summed E-state index contributed by atoms with van der Waals surface area (Å²) in [6.07, 6.45) is 1.96. The third-order valence-corrected chi connectivity index (χ3v) is 4.70. The highest BCUT2D eigenvalue weighted by Crippen LogP contribution is 2.29. The Balaban J connectivity index is 0.000000439. The Hall–Kier alpha value is -3.38. The fourth-order valence-corrected chi connectivity index (χ4v) is 2.98. The van der Waals surface area contributed by atoms with Crippen LogP contribution < -0.4 is 17.0 Å². The molecule has 0 radical (unpaired) electrons. The molecule has 1 aromatic carbocycles. The van der Waals surface area contributed by atoms with Crippen molar-refractivity contribution in [2.45, 2.75) is 65.5 Å². The molecule has 2 heterocycles. The number of hydrogen-bond donors (Lipinski definition) is 3. The molecule has 1 unspecified atom stereocenters. The molecule has 1 fully saturated rings. The van der Waals surface area contributed by atoms with Crippen LogP contribution in [0.3, 0.4) is 0 Å². The molecule has 2 aromatic rings. The third kappa shape index (κ3) is 11.9. The normalized spacial score (nSPS) is 15.6. The molecule has 206 valence electrons. The van der Waals surface area contributed by atoms with Crippen molar-refractivity contribution in [2.24, 2.45) is 11.6 Å². The predicted molar refractivity (Wildman–Crippen MR) is 135 cm³/mol. The molecule has 9 nitrogen and oxygen atoms in total. The Bertz CT molecular complexity index is 964. The molecule has 1 aliphatic heterocycles. The SMILES string of the molecule is CC.CC(C)(C)OC(=O)N1CCC(OCc2ccc(C(F)(F)F)cc2)C1.NN/C=C(\N)c1cncnc1. The van der Waals surface area contributed by atoms with Crippen LogP contribution >= 0.6 is 0 Å². The quantitative estimate of drug-likeness (QED) is 0.385. The third-order valence-electron chi connectivity index (χ3n) is 4.70. The van der Waals surface area contributed by atoms with Gasteiger partial charge in [0.1, 0.15) is 11.9 Å². The van der Waals surface area contributed by atoms with Gasteiger partial charge < -0.3 is 25.5 Å². The number of nitrogens with zero attached hydrogens (tertiary/aromatic N) is 3. The number of halogens is 3. The van der Waals surface area contributed by atoms with Gasteiger partial charge in [-0.2, -0.15) is 13.2 Å². The highest BCUT2D eigenvalue weighted by molar-refractivity contribution is 5.68. The Labute approximate surface area is 216 Å². The summed E-state index contributed by atoms with van der Waals surface area (Å²) in [5.74, 6) is 5.02. The summed E-state index contributed by atoms with van der Waals surface area (Å²) in [7, 11) is 0. The van der Waals surface area contributed by atoms with Crippen LogP contribution in [0.5, 0.6) is 0 Å². The van der Waals surface area contributed by atoms with E-state index in [0.29, 0.717) is 30.8 Å². The van der Waals surface area contributed by atoms with E-state index < -0.39 is 17.3 Å². The van der Waals surface area contributed by atoms with Crippen LogP contribution in [0.15, 0.2) is 49.2 Å². The van der Waals surface area contributed by atoms with Gasteiger partial charge in [0.2, 0.25) is 0 Å². The van der Waals surface area contributed by atoms with E-state index in [4.69, 9.17) is 21.1 Å². The Morgan fingerprint density at radius 1 is 1.16 bits per heavy atom. The van der Waals surface area contributed by atoms with Crippen molar-refractivity contribution in [3.8, 4) is 0 Å².